The second kappa shape index (κ2) is 6.67. The summed E-state index contributed by atoms with van der Waals surface area (Å²) in [5.74, 6) is -1.18. The van der Waals surface area contributed by atoms with Crippen molar-refractivity contribution in [1.29, 1.82) is 0 Å². The molecule has 0 saturated carbocycles. The topological polar surface area (TPSA) is 84.2 Å². The predicted molar refractivity (Wildman–Crippen MR) is 78.4 cm³/mol. The number of hydrogen-bond acceptors (Lipinski definition) is 3. The van der Waals surface area contributed by atoms with Gasteiger partial charge in [0.2, 0.25) is 5.91 Å². The van der Waals surface area contributed by atoms with Gasteiger partial charge in [0.25, 0.3) is 5.91 Å². The molecule has 0 spiro atoms. The van der Waals surface area contributed by atoms with Crippen molar-refractivity contribution in [1.82, 2.24) is 5.32 Å². The Morgan fingerprint density at radius 3 is 2.90 bits per heavy atom. The first kappa shape index (κ1) is 15.4. The maximum atomic E-state index is 13.4. The zero-order chi connectivity index (χ0) is 15.4. The summed E-state index contributed by atoms with van der Waals surface area (Å²) in [6.45, 7) is 2.93. The van der Waals surface area contributed by atoms with E-state index in [0.717, 1.165) is 31.9 Å². The van der Waals surface area contributed by atoms with Crippen LogP contribution in [0.5, 0.6) is 0 Å². The Labute approximate surface area is 123 Å². The molecule has 0 bridgehead atoms. The maximum absolute atomic E-state index is 13.4. The molecule has 6 heteroatoms. The average Bonchev–Trinajstić information content (AvgIpc) is 2.49. The molecule has 1 aliphatic heterocycles. The van der Waals surface area contributed by atoms with E-state index in [9.17, 15) is 14.0 Å². The van der Waals surface area contributed by atoms with Gasteiger partial charge >= 0.3 is 0 Å². The molecule has 0 aromatic heterocycles. The van der Waals surface area contributed by atoms with Gasteiger partial charge in [-0.05, 0) is 43.5 Å². The number of nitrogens with one attached hydrogen (secondary N) is 2. The lowest BCUT2D eigenvalue weighted by atomic mass is 9.90. The van der Waals surface area contributed by atoms with Crippen LogP contribution in [0.1, 0.15) is 36.5 Å². The van der Waals surface area contributed by atoms with Gasteiger partial charge in [0.05, 0.1) is 11.6 Å². The number of anilines is 1. The van der Waals surface area contributed by atoms with Crippen LogP contribution in [0.2, 0.25) is 0 Å². The van der Waals surface area contributed by atoms with Gasteiger partial charge in [-0.3, -0.25) is 9.59 Å². The lowest BCUT2D eigenvalue weighted by Gasteiger charge is -2.28. The van der Waals surface area contributed by atoms with Gasteiger partial charge in [0, 0.05) is 5.69 Å². The van der Waals surface area contributed by atoms with Gasteiger partial charge in [0.1, 0.15) is 5.82 Å². The van der Waals surface area contributed by atoms with Gasteiger partial charge in [-0.15, -0.1) is 0 Å². The Hall–Kier alpha value is -1.95. The van der Waals surface area contributed by atoms with E-state index in [1.54, 1.807) is 0 Å². The van der Waals surface area contributed by atoms with Crippen LogP contribution < -0.4 is 16.4 Å². The number of piperidine rings is 1. The Kier molecular flexibility index (Phi) is 4.90. The van der Waals surface area contributed by atoms with E-state index in [-0.39, 0.29) is 17.5 Å². The third kappa shape index (κ3) is 3.78. The Balaban J connectivity index is 2.05. The fraction of sp³-hybridized carbons (Fsp3) is 0.467. The van der Waals surface area contributed by atoms with E-state index in [1.807, 2.05) is 0 Å². The second-order valence-electron chi connectivity index (χ2n) is 5.35. The summed E-state index contributed by atoms with van der Waals surface area (Å²) in [4.78, 5) is 23.3. The molecule has 0 aliphatic carbocycles. The Morgan fingerprint density at radius 2 is 2.24 bits per heavy atom. The van der Waals surface area contributed by atoms with E-state index >= 15 is 0 Å². The standard InChI is InChI=1S/C15H20FN3O2/c1-2-9-5-6-18-13(7-9)15(21)19-10-3-4-12(16)11(8-10)14(17)20/h3-4,8-9,13,18H,2,5-7H2,1H3,(H2,17,20)(H,19,21). The van der Waals surface area contributed by atoms with Crippen molar-refractivity contribution >= 4 is 17.5 Å². The fourth-order valence-corrected chi connectivity index (χ4v) is 2.59. The van der Waals surface area contributed by atoms with E-state index in [0.29, 0.717) is 11.6 Å². The highest BCUT2D eigenvalue weighted by Crippen LogP contribution is 2.21. The zero-order valence-corrected chi connectivity index (χ0v) is 12.0. The Morgan fingerprint density at radius 1 is 1.48 bits per heavy atom. The average molecular weight is 293 g/mol. The van der Waals surface area contributed by atoms with Gasteiger partial charge in [-0.25, -0.2) is 4.39 Å². The molecular weight excluding hydrogens is 273 g/mol. The molecule has 2 unspecified atom stereocenters. The minimum Gasteiger partial charge on any atom is -0.366 e. The first-order chi connectivity index (χ1) is 10.0. The smallest absolute Gasteiger partial charge is 0.251 e. The number of nitrogens with two attached hydrogens (primary N) is 1. The number of benzene rings is 1. The molecule has 5 nitrogen and oxygen atoms in total. The van der Waals surface area contributed by atoms with Crippen molar-refractivity contribution in [2.75, 3.05) is 11.9 Å². The van der Waals surface area contributed by atoms with Crippen molar-refractivity contribution in [3.8, 4) is 0 Å². The minimum atomic E-state index is -0.856. The maximum Gasteiger partial charge on any atom is 0.251 e. The van der Waals surface area contributed by atoms with Crippen molar-refractivity contribution in [2.45, 2.75) is 32.2 Å². The molecule has 1 heterocycles. The monoisotopic (exact) mass is 293 g/mol. The molecule has 1 fully saturated rings. The largest absolute Gasteiger partial charge is 0.366 e. The third-order valence-electron chi connectivity index (χ3n) is 3.91. The summed E-state index contributed by atoms with van der Waals surface area (Å²) < 4.78 is 13.4. The van der Waals surface area contributed by atoms with E-state index in [1.165, 1.54) is 12.1 Å². The quantitative estimate of drug-likeness (QED) is 0.789. The minimum absolute atomic E-state index is 0.171. The summed E-state index contributed by atoms with van der Waals surface area (Å²) in [7, 11) is 0. The second-order valence-corrected chi connectivity index (χ2v) is 5.35. The zero-order valence-electron chi connectivity index (χ0n) is 12.0. The Bertz CT molecular complexity index is 548. The van der Waals surface area contributed by atoms with E-state index in [4.69, 9.17) is 5.73 Å². The van der Waals surface area contributed by atoms with Crippen LogP contribution in [-0.2, 0) is 4.79 Å². The van der Waals surface area contributed by atoms with Gasteiger partial charge < -0.3 is 16.4 Å². The summed E-state index contributed by atoms with van der Waals surface area (Å²) in [5.41, 5.74) is 5.23. The van der Waals surface area contributed by atoms with Crippen molar-refractivity contribution < 1.29 is 14.0 Å². The molecule has 1 aromatic rings. The number of amides is 2. The molecule has 1 aromatic carbocycles. The van der Waals surface area contributed by atoms with Crippen molar-refractivity contribution in [3.05, 3.63) is 29.6 Å². The van der Waals surface area contributed by atoms with Crippen LogP contribution in [0.15, 0.2) is 18.2 Å². The van der Waals surface area contributed by atoms with E-state index < -0.39 is 11.7 Å². The van der Waals surface area contributed by atoms with Crippen LogP contribution in [0.4, 0.5) is 10.1 Å². The molecule has 2 atom stereocenters. The lowest BCUT2D eigenvalue weighted by molar-refractivity contribution is -0.119. The van der Waals surface area contributed by atoms with Crippen molar-refractivity contribution in [3.63, 3.8) is 0 Å². The van der Waals surface area contributed by atoms with Crippen molar-refractivity contribution in [2.24, 2.45) is 11.7 Å². The highest BCUT2D eigenvalue weighted by Gasteiger charge is 2.26. The molecule has 4 N–H and O–H groups in total. The number of rotatable bonds is 4. The summed E-state index contributed by atoms with van der Waals surface area (Å²) in [6, 6.07) is 3.54. The first-order valence-corrected chi connectivity index (χ1v) is 7.14. The molecule has 21 heavy (non-hydrogen) atoms. The molecule has 1 aliphatic rings. The van der Waals surface area contributed by atoms with Crippen LogP contribution in [0, 0.1) is 11.7 Å². The highest BCUT2D eigenvalue weighted by molar-refractivity contribution is 5.98. The van der Waals surface area contributed by atoms with Crippen LogP contribution >= 0.6 is 0 Å². The fourth-order valence-electron chi connectivity index (χ4n) is 2.59. The number of hydrogen-bond donors (Lipinski definition) is 3. The summed E-state index contributed by atoms with van der Waals surface area (Å²) in [6.07, 6.45) is 2.91. The molecular formula is C15H20FN3O2. The van der Waals surface area contributed by atoms with Crippen LogP contribution in [0.3, 0.4) is 0 Å². The first-order valence-electron chi connectivity index (χ1n) is 7.14. The van der Waals surface area contributed by atoms with E-state index in [2.05, 4.69) is 17.6 Å². The van der Waals surface area contributed by atoms with Crippen LogP contribution in [-0.4, -0.2) is 24.4 Å². The van der Waals surface area contributed by atoms with Crippen LogP contribution in [0.25, 0.3) is 0 Å². The summed E-state index contributed by atoms with van der Waals surface area (Å²) in [5, 5.41) is 5.88. The number of carbonyl (C=O) groups is 2. The van der Waals surface area contributed by atoms with Gasteiger partial charge in [0.15, 0.2) is 0 Å². The lowest BCUT2D eigenvalue weighted by Crippen LogP contribution is -2.46. The molecule has 1 saturated heterocycles. The number of halogens is 1. The molecule has 2 amide bonds. The normalized spacial score (nSPS) is 21.8. The molecule has 2 rings (SSSR count). The third-order valence-corrected chi connectivity index (χ3v) is 3.91. The van der Waals surface area contributed by atoms with Gasteiger partial charge in [-0.2, -0.15) is 0 Å². The predicted octanol–water partition coefficient (Wildman–Crippen LogP) is 1.64. The number of primary amides is 1. The molecule has 114 valence electrons. The molecule has 0 radical (unpaired) electrons. The van der Waals surface area contributed by atoms with Gasteiger partial charge in [-0.1, -0.05) is 13.3 Å². The SMILES string of the molecule is CCC1CCNC(C(=O)Nc2ccc(F)c(C(N)=O)c2)C1. The highest BCUT2D eigenvalue weighted by atomic mass is 19.1. The number of carbonyl (C=O) groups excluding carboxylic acids is 2. The summed E-state index contributed by atoms with van der Waals surface area (Å²) >= 11 is 0.